The maximum Gasteiger partial charge on any atom is 0.244 e. The highest BCUT2D eigenvalue weighted by Gasteiger charge is 2.23. The van der Waals surface area contributed by atoms with Crippen molar-refractivity contribution in [1.82, 2.24) is 10.2 Å². The van der Waals surface area contributed by atoms with Crippen LogP contribution in [0.4, 0.5) is 5.13 Å². The van der Waals surface area contributed by atoms with E-state index in [1.54, 1.807) is 0 Å². The molecule has 0 aliphatic heterocycles. The molecule has 0 aliphatic carbocycles. The third kappa shape index (κ3) is 5.48. The average Bonchev–Trinajstić information content (AvgIpc) is 3.21. The Balaban J connectivity index is 1.48. The molecule has 0 saturated heterocycles. The first kappa shape index (κ1) is 20.6. The van der Waals surface area contributed by atoms with Gasteiger partial charge in [-0.25, -0.2) is 0 Å². The number of nitrogens with one attached hydrogen (secondary N) is 1. The maximum atomic E-state index is 13.1. The molecule has 4 nitrogen and oxygen atoms in total. The topological polar surface area (TPSA) is 54.9 Å². The SMILES string of the molecule is O=C(Nc1nnc(Cc2ccc(Cl)cc2)s1)C(Sc1ccccc1)c1ccccc1. The van der Waals surface area contributed by atoms with Crippen molar-refractivity contribution in [1.29, 1.82) is 0 Å². The van der Waals surface area contributed by atoms with Crippen LogP contribution in [0.15, 0.2) is 89.8 Å². The zero-order valence-electron chi connectivity index (χ0n) is 15.9. The van der Waals surface area contributed by atoms with Gasteiger partial charge in [-0.05, 0) is 35.4 Å². The summed E-state index contributed by atoms with van der Waals surface area (Å²) in [7, 11) is 0. The van der Waals surface area contributed by atoms with Gasteiger partial charge in [-0.1, -0.05) is 83.6 Å². The van der Waals surface area contributed by atoms with Gasteiger partial charge in [0, 0.05) is 16.3 Å². The molecule has 0 bridgehead atoms. The Kier molecular flexibility index (Phi) is 6.79. The molecule has 4 rings (SSSR count). The number of carbonyl (C=O) groups is 1. The first-order valence-corrected chi connectivity index (χ1v) is 11.4. The van der Waals surface area contributed by atoms with E-state index in [0.717, 1.165) is 21.0 Å². The van der Waals surface area contributed by atoms with Crippen molar-refractivity contribution in [2.24, 2.45) is 0 Å². The molecule has 1 unspecified atom stereocenters. The number of aromatic nitrogens is 2. The van der Waals surface area contributed by atoms with Crippen LogP contribution in [0.2, 0.25) is 5.02 Å². The number of halogens is 1. The van der Waals surface area contributed by atoms with Crippen molar-refractivity contribution in [3.8, 4) is 0 Å². The Hall–Kier alpha value is -2.67. The number of benzene rings is 3. The zero-order chi connectivity index (χ0) is 20.8. The predicted octanol–water partition coefficient (Wildman–Crippen LogP) is 6.25. The van der Waals surface area contributed by atoms with E-state index in [-0.39, 0.29) is 5.91 Å². The summed E-state index contributed by atoms with van der Waals surface area (Å²) in [6.07, 6.45) is 0.644. The van der Waals surface area contributed by atoms with Gasteiger partial charge in [-0.3, -0.25) is 10.1 Å². The Morgan fingerprint density at radius 3 is 2.30 bits per heavy atom. The number of rotatable bonds is 7. The van der Waals surface area contributed by atoms with Crippen LogP contribution >= 0.6 is 34.7 Å². The second-order valence-electron chi connectivity index (χ2n) is 6.52. The summed E-state index contributed by atoms with van der Waals surface area (Å²) in [5.41, 5.74) is 2.03. The molecule has 0 saturated carbocycles. The van der Waals surface area contributed by atoms with Crippen LogP contribution in [0.1, 0.15) is 21.4 Å². The average molecular weight is 452 g/mol. The molecule has 7 heteroatoms. The second-order valence-corrected chi connectivity index (χ2v) is 9.19. The largest absolute Gasteiger partial charge is 0.299 e. The molecular weight excluding hydrogens is 434 g/mol. The van der Waals surface area contributed by atoms with Crippen LogP contribution in [0, 0.1) is 0 Å². The van der Waals surface area contributed by atoms with Crippen molar-refractivity contribution < 1.29 is 4.79 Å². The third-order valence-corrected chi connectivity index (χ3v) is 6.66. The van der Waals surface area contributed by atoms with Crippen LogP contribution < -0.4 is 5.32 Å². The van der Waals surface area contributed by atoms with E-state index in [2.05, 4.69) is 15.5 Å². The van der Waals surface area contributed by atoms with E-state index in [4.69, 9.17) is 11.6 Å². The summed E-state index contributed by atoms with van der Waals surface area (Å²) in [6, 6.07) is 27.3. The Bertz CT molecular complexity index is 1100. The highest BCUT2D eigenvalue weighted by atomic mass is 35.5. The van der Waals surface area contributed by atoms with Crippen molar-refractivity contribution in [3.63, 3.8) is 0 Å². The number of hydrogen-bond donors (Lipinski definition) is 1. The summed E-state index contributed by atoms with van der Waals surface area (Å²) in [5, 5.41) is 13.0. The monoisotopic (exact) mass is 451 g/mol. The van der Waals surface area contributed by atoms with Gasteiger partial charge < -0.3 is 0 Å². The van der Waals surface area contributed by atoms with Crippen molar-refractivity contribution in [2.45, 2.75) is 16.6 Å². The molecule has 30 heavy (non-hydrogen) atoms. The lowest BCUT2D eigenvalue weighted by atomic mass is 10.1. The highest BCUT2D eigenvalue weighted by molar-refractivity contribution is 8.00. The first-order chi connectivity index (χ1) is 14.7. The van der Waals surface area contributed by atoms with Crippen LogP contribution in [0.3, 0.4) is 0 Å². The lowest BCUT2D eigenvalue weighted by Crippen LogP contribution is -2.18. The molecule has 0 fully saturated rings. The molecule has 1 N–H and O–H groups in total. The standard InChI is InChI=1S/C23H18ClN3OS2/c24-18-13-11-16(12-14-18)15-20-26-27-23(30-20)25-22(28)21(17-7-3-1-4-8-17)29-19-9-5-2-6-10-19/h1-14,21H,15H2,(H,25,27,28). The number of amides is 1. The molecule has 150 valence electrons. The van der Waals surface area contributed by atoms with Crippen LogP contribution in [-0.2, 0) is 11.2 Å². The van der Waals surface area contributed by atoms with E-state index < -0.39 is 5.25 Å². The molecule has 0 radical (unpaired) electrons. The van der Waals surface area contributed by atoms with Gasteiger partial charge in [0.1, 0.15) is 10.3 Å². The van der Waals surface area contributed by atoms with Crippen molar-refractivity contribution in [2.75, 3.05) is 5.32 Å². The minimum Gasteiger partial charge on any atom is -0.299 e. The Morgan fingerprint density at radius 1 is 0.933 bits per heavy atom. The molecule has 0 spiro atoms. The summed E-state index contributed by atoms with van der Waals surface area (Å²) in [5.74, 6) is -0.121. The lowest BCUT2D eigenvalue weighted by molar-refractivity contribution is -0.115. The van der Waals surface area contributed by atoms with Gasteiger partial charge in [0.2, 0.25) is 11.0 Å². The van der Waals surface area contributed by atoms with Gasteiger partial charge in [0.05, 0.1) is 0 Å². The maximum absolute atomic E-state index is 13.1. The number of hydrogen-bond acceptors (Lipinski definition) is 5. The van der Waals surface area contributed by atoms with Gasteiger partial charge in [0.15, 0.2) is 0 Å². The molecule has 1 aromatic heterocycles. The summed E-state index contributed by atoms with van der Waals surface area (Å²) in [6.45, 7) is 0. The van der Waals surface area contributed by atoms with Gasteiger partial charge in [-0.2, -0.15) is 0 Å². The van der Waals surface area contributed by atoms with E-state index in [1.807, 2.05) is 84.9 Å². The smallest absolute Gasteiger partial charge is 0.244 e. The van der Waals surface area contributed by atoms with Crippen LogP contribution in [0.25, 0.3) is 0 Å². The number of carbonyl (C=O) groups excluding carboxylic acids is 1. The first-order valence-electron chi connectivity index (χ1n) is 9.32. The molecule has 1 atom stereocenters. The zero-order valence-corrected chi connectivity index (χ0v) is 18.3. The summed E-state index contributed by atoms with van der Waals surface area (Å²) in [4.78, 5) is 14.1. The van der Waals surface area contributed by atoms with E-state index in [0.29, 0.717) is 16.6 Å². The van der Waals surface area contributed by atoms with E-state index >= 15 is 0 Å². The number of nitrogens with zero attached hydrogens (tertiary/aromatic N) is 2. The summed E-state index contributed by atoms with van der Waals surface area (Å²) < 4.78 is 0. The third-order valence-electron chi connectivity index (χ3n) is 4.30. The van der Waals surface area contributed by atoms with Crippen molar-refractivity contribution >= 4 is 45.7 Å². The molecule has 0 aliphatic rings. The number of anilines is 1. The minimum absolute atomic E-state index is 0.121. The van der Waals surface area contributed by atoms with Gasteiger partial charge >= 0.3 is 0 Å². The van der Waals surface area contributed by atoms with Gasteiger partial charge in [0.25, 0.3) is 0 Å². The normalized spacial score (nSPS) is 11.8. The lowest BCUT2D eigenvalue weighted by Gasteiger charge is -2.16. The summed E-state index contributed by atoms with van der Waals surface area (Å²) >= 11 is 8.83. The van der Waals surface area contributed by atoms with Crippen LogP contribution in [0.5, 0.6) is 0 Å². The van der Waals surface area contributed by atoms with E-state index in [1.165, 1.54) is 23.1 Å². The highest BCUT2D eigenvalue weighted by Crippen LogP contribution is 2.36. The van der Waals surface area contributed by atoms with Crippen molar-refractivity contribution in [3.05, 3.63) is 106 Å². The fraction of sp³-hybridized carbons (Fsp3) is 0.0870. The quantitative estimate of drug-likeness (QED) is 0.337. The number of thioether (sulfide) groups is 1. The Morgan fingerprint density at radius 2 is 1.60 bits per heavy atom. The molecular formula is C23H18ClN3OS2. The van der Waals surface area contributed by atoms with Gasteiger partial charge in [-0.15, -0.1) is 22.0 Å². The molecule has 3 aromatic carbocycles. The molecule has 1 amide bonds. The molecule has 4 aromatic rings. The predicted molar refractivity (Wildman–Crippen MR) is 124 cm³/mol. The fourth-order valence-corrected chi connectivity index (χ4v) is 4.81. The Labute approximate surface area is 188 Å². The minimum atomic E-state index is -0.391. The fourth-order valence-electron chi connectivity index (χ4n) is 2.86. The van der Waals surface area contributed by atoms with E-state index in [9.17, 15) is 4.79 Å². The molecule has 1 heterocycles. The second kappa shape index (κ2) is 9.89. The van der Waals surface area contributed by atoms with Crippen LogP contribution in [-0.4, -0.2) is 16.1 Å².